The second-order valence-electron chi connectivity index (χ2n) is 3.46. The SMILES string of the molecule is COC(=O)CCCS(=O)(=O)CCS(C)(=O)=O. The predicted molar refractivity (Wildman–Crippen MR) is 59.6 cm³/mol. The van der Waals surface area contributed by atoms with E-state index in [1.807, 2.05) is 0 Å². The minimum atomic E-state index is -3.41. The van der Waals surface area contributed by atoms with Crippen LogP contribution in [-0.4, -0.2) is 53.4 Å². The molecule has 0 unspecified atom stereocenters. The summed E-state index contributed by atoms with van der Waals surface area (Å²) in [4.78, 5) is 10.7. The van der Waals surface area contributed by atoms with Crippen molar-refractivity contribution in [1.82, 2.24) is 0 Å². The zero-order valence-electron chi connectivity index (χ0n) is 9.30. The molecule has 0 atom stereocenters. The molecular formula is C8H16O6S2. The van der Waals surface area contributed by atoms with E-state index in [-0.39, 0.29) is 24.3 Å². The predicted octanol–water partition coefficient (Wildman–Crippen LogP) is -0.601. The molecule has 0 aromatic heterocycles. The minimum absolute atomic E-state index is 0.0224. The lowest BCUT2D eigenvalue weighted by atomic mass is 10.3. The number of methoxy groups -OCH3 is 1. The average Bonchev–Trinajstić information content (AvgIpc) is 2.13. The van der Waals surface area contributed by atoms with Crippen molar-refractivity contribution in [3.05, 3.63) is 0 Å². The molecule has 16 heavy (non-hydrogen) atoms. The van der Waals surface area contributed by atoms with Crippen LogP contribution in [0.4, 0.5) is 0 Å². The molecule has 96 valence electrons. The second-order valence-corrected chi connectivity index (χ2v) is 8.02. The Kier molecular flexibility index (Phi) is 5.95. The topological polar surface area (TPSA) is 94.6 Å². The summed E-state index contributed by atoms with van der Waals surface area (Å²) in [6, 6.07) is 0. The van der Waals surface area contributed by atoms with Crippen LogP contribution in [0.3, 0.4) is 0 Å². The Hall–Kier alpha value is -0.630. The monoisotopic (exact) mass is 272 g/mol. The van der Waals surface area contributed by atoms with Crippen LogP contribution >= 0.6 is 0 Å². The quantitative estimate of drug-likeness (QED) is 0.574. The van der Waals surface area contributed by atoms with Gasteiger partial charge in [0.05, 0.1) is 24.4 Å². The molecule has 6 nitrogen and oxygen atoms in total. The van der Waals surface area contributed by atoms with Gasteiger partial charge in [0.25, 0.3) is 0 Å². The van der Waals surface area contributed by atoms with Crippen molar-refractivity contribution in [3.8, 4) is 0 Å². The minimum Gasteiger partial charge on any atom is -0.469 e. The first kappa shape index (κ1) is 15.4. The fraction of sp³-hybridized carbons (Fsp3) is 0.875. The maximum atomic E-state index is 11.3. The molecule has 0 N–H and O–H groups in total. The number of hydrogen-bond acceptors (Lipinski definition) is 6. The lowest BCUT2D eigenvalue weighted by Crippen LogP contribution is -2.19. The molecule has 0 heterocycles. The Morgan fingerprint density at radius 3 is 2.06 bits per heavy atom. The highest BCUT2D eigenvalue weighted by molar-refractivity contribution is 7.94. The maximum absolute atomic E-state index is 11.3. The van der Waals surface area contributed by atoms with Gasteiger partial charge >= 0.3 is 5.97 Å². The molecule has 0 aromatic carbocycles. The number of ether oxygens (including phenoxy) is 1. The van der Waals surface area contributed by atoms with Gasteiger partial charge in [-0.15, -0.1) is 0 Å². The molecule has 8 heteroatoms. The Labute approximate surface area is 95.8 Å². The molecule has 0 aliphatic carbocycles. The molecule has 0 saturated heterocycles. The summed E-state index contributed by atoms with van der Waals surface area (Å²) in [7, 11) is -5.46. The molecule has 0 radical (unpaired) electrons. The summed E-state index contributed by atoms with van der Waals surface area (Å²) in [6.07, 6.45) is 1.16. The van der Waals surface area contributed by atoms with Crippen LogP contribution in [0.25, 0.3) is 0 Å². The first-order valence-electron chi connectivity index (χ1n) is 4.61. The van der Waals surface area contributed by atoms with E-state index in [9.17, 15) is 21.6 Å². The van der Waals surface area contributed by atoms with E-state index in [1.165, 1.54) is 7.11 Å². The highest BCUT2D eigenvalue weighted by Gasteiger charge is 2.15. The zero-order chi connectivity index (χ0) is 12.8. The molecule has 0 spiro atoms. The molecule has 0 rings (SSSR count). The highest BCUT2D eigenvalue weighted by atomic mass is 32.2. The number of carbonyl (C=O) groups excluding carboxylic acids is 1. The first-order chi connectivity index (χ1) is 7.16. The highest BCUT2D eigenvalue weighted by Crippen LogP contribution is 2.00. The van der Waals surface area contributed by atoms with Gasteiger partial charge in [-0.1, -0.05) is 0 Å². The largest absolute Gasteiger partial charge is 0.469 e. The number of sulfone groups is 2. The van der Waals surface area contributed by atoms with Crippen LogP contribution in [0.15, 0.2) is 0 Å². The Morgan fingerprint density at radius 1 is 1.06 bits per heavy atom. The number of rotatable bonds is 7. The summed E-state index contributed by atoms with van der Waals surface area (Å²) in [5.74, 6) is -1.45. The summed E-state index contributed by atoms with van der Waals surface area (Å²) < 4.78 is 48.5. The van der Waals surface area contributed by atoms with E-state index >= 15 is 0 Å². The molecule has 0 aromatic rings. The van der Waals surface area contributed by atoms with Gasteiger partial charge in [0.2, 0.25) is 0 Å². The normalized spacial score (nSPS) is 12.4. The molecule has 0 aliphatic heterocycles. The number of carbonyl (C=O) groups is 1. The van der Waals surface area contributed by atoms with Gasteiger partial charge in [0, 0.05) is 12.7 Å². The lowest BCUT2D eigenvalue weighted by molar-refractivity contribution is -0.140. The van der Waals surface area contributed by atoms with Gasteiger partial charge in [0.15, 0.2) is 9.84 Å². The van der Waals surface area contributed by atoms with Crippen LogP contribution in [0.5, 0.6) is 0 Å². The van der Waals surface area contributed by atoms with Gasteiger partial charge in [-0.3, -0.25) is 4.79 Å². The first-order valence-corrected chi connectivity index (χ1v) is 8.49. The fourth-order valence-electron chi connectivity index (χ4n) is 0.919. The number of esters is 1. The van der Waals surface area contributed by atoms with Crippen LogP contribution in [0, 0.1) is 0 Å². The third kappa shape index (κ3) is 8.66. The third-order valence-corrected chi connectivity index (χ3v) is 4.77. The van der Waals surface area contributed by atoms with Gasteiger partial charge in [-0.25, -0.2) is 16.8 Å². The fourth-order valence-corrected chi connectivity index (χ4v) is 3.93. The zero-order valence-corrected chi connectivity index (χ0v) is 10.9. The van der Waals surface area contributed by atoms with Crippen molar-refractivity contribution in [2.24, 2.45) is 0 Å². The van der Waals surface area contributed by atoms with Gasteiger partial charge in [-0.2, -0.15) is 0 Å². The van der Waals surface area contributed by atoms with Crippen LogP contribution in [0.2, 0.25) is 0 Å². The van der Waals surface area contributed by atoms with E-state index in [4.69, 9.17) is 0 Å². The van der Waals surface area contributed by atoms with Crippen LogP contribution in [0.1, 0.15) is 12.8 Å². The standard InChI is InChI=1S/C8H16O6S2/c1-14-8(9)4-3-5-16(12,13)7-6-15(2,10)11/h3-7H2,1-2H3. The smallest absolute Gasteiger partial charge is 0.305 e. The third-order valence-electron chi connectivity index (χ3n) is 1.83. The Balaban J connectivity index is 4.03. The summed E-state index contributed by atoms with van der Waals surface area (Å²) in [6.45, 7) is 0. The molecule has 0 fully saturated rings. The van der Waals surface area contributed by atoms with Crippen molar-refractivity contribution >= 4 is 25.6 Å². The summed E-state index contributed by atoms with van der Waals surface area (Å²) in [5, 5.41) is 0. The van der Waals surface area contributed by atoms with Crippen molar-refractivity contribution < 1.29 is 26.4 Å². The summed E-state index contributed by atoms with van der Waals surface area (Å²) in [5.41, 5.74) is 0. The molecule has 0 amide bonds. The Morgan fingerprint density at radius 2 is 1.62 bits per heavy atom. The van der Waals surface area contributed by atoms with Crippen molar-refractivity contribution in [2.45, 2.75) is 12.8 Å². The molecular weight excluding hydrogens is 256 g/mol. The number of hydrogen-bond donors (Lipinski definition) is 0. The lowest BCUT2D eigenvalue weighted by Gasteiger charge is -2.02. The van der Waals surface area contributed by atoms with E-state index in [2.05, 4.69) is 4.74 Å². The van der Waals surface area contributed by atoms with E-state index in [0.717, 1.165) is 6.26 Å². The van der Waals surface area contributed by atoms with Crippen LogP contribution in [-0.2, 0) is 29.2 Å². The van der Waals surface area contributed by atoms with Gasteiger partial charge in [0.1, 0.15) is 9.84 Å². The molecule has 0 bridgehead atoms. The second kappa shape index (κ2) is 6.19. The van der Waals surface area contributed by atoms with Crippen LogP contribution < -0.4 is 0 Å². The van der Waals surface area contributed by atoms with E-state index in [1.54, 1.807) is 0 Å². The van der Waals surface area contributed by atoms with Crippen molar-refractivity contribution in [3.63, 3.8) is 0 Å². The summed E-state index contributed by atoms with van der Waals surface area (Å²) >= 11 is 0. The van der Waals surface area contributed by atoms with Crippen molar-refractivity contribution in [1.29, 1.82) is 0 Å². The molecule has 0 saturated carbocycles. The van der Waals surface area contributed by atoms with E-state index < -0.39 is 31.4 Å². The van der Waals surface area contributed by atoms with E-state index in [0.29, 0.717) is 0 Å². The van der Waals surface area contributed by atoms with Crippen molar-refractivity contribution in [2.75, 3.05) is 30.6 Å². The van der Waals surface area contributed by atoms with Gasteiger partial charge < -0.3 is 4.74 Å². The Bertz CT molecular complexity index is 419. The maximum Gasteiger partial charge on any atom is 0.305 e. The van der Waals surface area contributed by atoms with Gasteiger partial charge in [-0.05, 0) is 6.42 Å². The average molecular weight is 272 g/mol. The molecule has 0 aliphatic rings.